The predicted octanol–water partition coefficient (Wildman–Crippen LogP) is 3.43. The zero-order valence-corrected chi connectivity index (χ0v) is 11.5. The lowest BCUT2D eigenvalue weighted by Gasteiger charge is -2.29. The molecule has 1 aliphatic rings. The molecule has 0 spiro atoms. The molecular weight excluding hydrogens is 262 g/mol. The van der Waals surface area contributed by atoms with E-state index in [2.05, 4.69) is 16.3 Å². The molecule has 2 aromatic rings. The molecule has 0 aromatic heterocycles. The summed E-state index contributed by atoms with van der Waals surface area (Å²) in [5.41, 5.74) is 3.02. The minimum Gasteiger partial charge on any atom is -0.340 e. The van der Waals surface area contributed by atoms with Crippen molar-refractivity contribution in [2.24, 2.45) is 0 Å². The number of carbonyl (C=O) groups excluding carboxylic acids is 1. The summed E-state index contributed by atoms with van der Waals surface area (Å²) in [6, 6.07) is 17.7. The number of hydrogen-bond donors (Lipinski definition) is 1. The minimum absolute atomic E-state index is 0.0355. The molecule has 0 atom stereocenters. The van der Waals surface area contributed by atoms with Gasteiger partial charge in [0, 0.05) is 18.7 Å². The first kappa shape index (κ1) is 13.2. The number of anilines is 3. The molecule has 0 unspecified atom stereocenters. The summed E-state index contributed by atoms with van der Waals surface area (Å²) in [5.74, 6) is -0.0355. The number of para-hydroxylation sites is 2. The molecule has 4 heteroatoms. The van der Waals surface area contributed by atoms with Crippen LogP contribution in [-0.2, 0) is 4.79 Å². The van der Waals surface area contributed by atoms with Gasteiger partial charge in [0.05, 0.1) is 16.9 Å². The molecule has 1 N–H and O–H groups in total. The first-order valence-corrected chi connectivity index (χ1v) is 6.95. The highest BCUT2D eigenvalue weighted by molar-refractivity contribution is 5.97. The summed E-state index contributed by atoms with van der Waals surface area (Å²) < 4.78 is 0. The van der Waals surface area contributed by atoms with E-state index in [-0.39, 0.29) is 5.91 Å². The molecule has 1 heterocycles. The summed E-state index contributed by atoms with van der Waals surface area (Å²) in [7, 11) is 0. The average Bonchev–Trinajstić information content (AvgIpc) is 2.51. The lowest BCUT2D eigenvalue weighted by molar-refractivity contribution is -0.116. The fraction of sp³-hybridized carbons (Fsp3) is 0.176. The quantitative estimate of drug-likeness (QED) is 0.868. The fourth-order valence-corrected chi connectivity index (χ4v) is 2.59. The van der Waals surface area contributed by atoms with E-state index in [1.807, 2.05) is 42.5 Å². The van der Waals surface area contributed by atoms with Gasteiger partial charge in [0.15, 0.2) is 0 Å². The van der Waals surface area contributed by atoms with Crippen LogP contribution in [0.5, 0.6) is 0 Å². The lowest BCUT2D eigenvalue weighted by atomic mass is 10.1. The van der Waals surface area contributed by atoms with Crippen molar-refractivity contribution < 1.29 is 4.79 Å². The molecule has 1 amide bonds. The van der Waals surface area contributed by atoms with E-state index in [0.717, 1.165) is 24.3 Å². The van der Waals surface area contributed by atoms with Crippen LogP contribution in [0.15, 0.2) is 48.5 Å². The van der Waals surface area contributed by atoms with Gasteiger partial charge in [0.2, 0.25) is 5.91 Å². The molecule has 1 aliphatic heterocycles. The minimum atomic E-state index is -0.0355. The summed E-state index contributed by atoms with van der Waals surface area (Å²) >= 11 is 0. The zero-order valence-electron chi connectivity index (χ0n) is 11.5. The molecule has 0 radical (unpaired) electrons. The Bertz CT molecular complexity index is 704. The van der Waals surface area contributed by atoms with Gasteiger partial charge in [-0.2, -0.15) is 5.26 Å². The van der Waals surface area contributed by atoms with Crippen molar-refractivity contribution in [1.82, 2.24) is 0 Å². The van der Waals surface area contributed by atoms with E-state index in [1.165, 1.54) is 0 Å². The van der Waals surface area contributed by atoms with E-state index >= 15 is 0 Å². The van der Waals surface area contributed by atoms with Crippen LogP contribution >= 0.6 is 0 Å². The largest absolute Gasteiger partial charge is 0.340 e. The number of nitrogens with zero attached hydrogens (tertiary/aromatic N) is 2. The second-order valence-electron chi connectivity index (χ2n) is 4.95. The van der Waals surface area contributed by atoms with Crippen molar-refractivity contribution in [3.63, 3.8) is 0 Å². The zero-order chi connectivity index (χ0) is 14.7. The van der Waals surface area contributed by atoms with E-state index < -0.39 is 0 Å². The normalized spacial score (nSPS) is 14.4. The van der Waals surface area contributed by atoms with E-state index in [9.17, 15) is 10.1 Å². The summed E-state index contributed by atoms with van der Waals surface area (Å²) in [6.45, 7) is 0.749. The van der Waals surface area contributed by atoms with Crippen molar-refractivity contribution in [1.29, 1.82) is 5.26 Å². The van der Waals surface area contributed by atoms with E-state index in [4.69, 9.17) is 0 Å². The maximum atomic E-state index is 11.9. The number of benzene rings is 2. The van der Waals surface area contributed by atoms with Crippen molar-refractivity contribution in [3.8, 4) is 6.07 Å². The smallest absolute Gasteiger partial charge is 0.224 e. The van der Waals surface area contributed by atoms with Crippen LogP contribution in [0.1, 0.15) is 18.4 Å². The van der Waals surface area contributed by atoms with Crippen LogP contribution in [-0.4, -0.2) is 12.5 Å². The molecular formula is C17H15N3O. The van der Waals surface area contributed by atoms with Crippen molar-refractivity contribution in [2.45, 2.75) is 12.8 Å². The molecule has 2 aromatic carbocycles. The molecule has 3 rings (SSSR count). The maximum absolute atomic E-state index is 11.9. The number of nitrogens with one attached hydrogen (secondary N) is 1. The second-order valence-corrected chi connectivity index (χ2v) is 4.95. The first-order chi connectivity index (χ1) is 10.3. The molecule has 0 saturated carbocycles. The SMILES string of the molecule is N#Cc1cccc2c1NC(=O)CCCN2c1ccccc1. The number of amides is 1. The number of nitriles is 1. The Morgan fingerprint density at radius 1 is 1.10 bits per heavy atom. The Hall–Kier alpha value is -2.80. The lowest BCUT2D eigenvalue weighted by Crippen LogP contribution is -2.26. The van der Waals surface area contributed by atoms with Gasteiger partial charge in [-0.25, -0.2) is 0 Å². The highest BCUT2D eigenvalue weighted by atomic mass is 16.1. The van der Waals surface area contributed by atoms with Crippen LogP contribution in [0.2, 0.25) is 0 Å². The van der Waals surface area contributed by atoms with Crippen molar-refractivity contribution in [2.75, 3.05) is 16.8 Å². The molecule has 0 fully saturated rings. The standard InChI is InChI=1S/C17H15N3O/c18-12-13-6-4-9-15-17(13)19-16(21)10-5-11-20(15)14-7-2-1-3-8-14/h1-4,6-9H,5,10-11H2,(H,19,21). The number of fused-ring (bicyclic) bond motifs is 1. The van der Waals surface area contributed by atoms with Crippen LogP contribution in [0.25, 0.3) is 0 Å². The molecule has 0 bridgehead atoms. The number of rotatable bonds is 1. The van der Waals surface area contributed by atoms with Crippen LogP contribution in [0.3, 0.4) is 0 Å². The van der Waals surface area contributed by atoms with Gasteiger partial charge in [-0.05, 0) is 30.7 Å². The van der Waals surface area contributed by atoms with Gasteiger partial charge in [-0.3, -0.25) is 4.79 Å². The summed E-state index contributed by atoms with van der Waals surface area (Å²) in [4.78, 5) is 14.0. The fourth-order valence-electron chi connectivity index (χ4n) is 2.59. The maximum Gasteiger partial charge on any atom is 0.224 e. The van der Waals surface area contributed by atoms with Crippen molar-refractivity contribution >= 4 is 23.0 Å². The molecule has 21 heavy (non-hydrogen) atoms. The Morgan fingerprint density at radius 2 is 1.90 bits per heavy atom. The summed E-state index contributed by atoms with van der Waals surface area (Å²) in [6.07, 6.45) is 1.24. The predicted molar refractivity (Wildman–Crippen MR) is 82.5 cm³/mol. The van der Waals surface area contributed by atoms with Gasteiger partial charge in [0.25, 0.3) is 0 Å². The first-order valence-electron chi connectivity index (χ1n) is 6.95. The van der Waals surface area contributed by atoms with Gasteiger partial charge < -0.3 is 10.2 Å². The molecule has 104 valence electrons. The second kappa shape index (κ2) is 5.68. The average molecular weight is 277 g/mol. The van der Waals surface area contributed by atoms with Gasteiger partial charge >= 0.3 is 0 Å². The van der Waals surface area contributed by atoms with Gasteiger partial charge in [0.1, 0.15) is 6.07 Å². The third kappa shape index (κ3) is 2.59. The molecule has 4 nitrogen and oxygen atoms in total. The van der Waals surface area contributed by atoms with Crippen LogP contribution < -0.4 is 10.2 Å². The van der Waals surface area contributed by atoms with Crippen LogP contribution in [0.4, 0.5) is 17.1 Å². The highest BCUT2D eigenvalue weighted by Crippen LogP contribution is 2.35. The summed E-state index contributed by atoms with van der Waals surface area (Å²) in [5, 5.41) is 12.2. The van der Waals surface area contributed by atoms with Crippen molar-refractivity contribution in [3.05, 3.63) is 54.1 Å². The monoisotopic (exact) mass is 277 g/mol. The topological polar surface area (TPSA) is 56.1 Å². The Labute approximate surface area is 123 Å². The van der Waals surface area contributed by atoms with Gasteiger partial charge in [-0.1, -0.05) is 24.3 Å². The highest BCUT2D eigenvalue weighted by Gasteiger charge is 2.20. The Balaban J connectivity index is 2.15. The third-order valence-electron chi connectivity index (χ3n) is 3.57. The molecule has 0 aliphatic carbocycles. The third-order valence-corrected chi connectivity index (χ3v) is 3.57. The number of hydrogen-bond acceptors (Lipinski definition) is 3. The van der Waals surface area contributed by atoms with Gasteiger partial charge in [-0.15, -0.1) is 0 Å². The van der Waals surface area contributed by atoms with E-state index in [1.54, 1.807) is 6.07 Å². The Morgan fingerprint density at radius 3 is 2.67 bits per heavy atom. The number of carbonyl (C=O) groups is 1. The molecule has 0 saturated heterocycles. The van der Waals surface area contributed by atoms with E-state index in [0.29, 0.717) is 17.7 Å². The Kier molecular flexibility index (Phi) is 3.57. The van der Waals surface area contributed by atoms with Crippen LogP contribution in [0, 0.1) is 11.3 Å².